The smallest absolute Gasteiger partial charge is 0.407 e. The van der Waals surface area contributed by atoms with Crippen LogP contribution in [-0.4, -0.2) is 46.3 Å². The molecular weight excluding hydrogens is 322 g/mol. The summed E-state index contributed by atoms with van der Waals surface area (Å²) in [6.07, 6.45) is -0.403. The predicted molar refractivity (Wildman–Crippen MR) is 92.2 cm³/mol. The second-order valence-electron chi connectivity index (χ2n) is 7.17. The molecule has 0 radical (unpaired) electrons. The highest BCUT2D eigenvalue weighted by Crippen LogP contribution is 2.30. The van der Waals surface area contributed by atoms with E-state index in [0.717, 1.165) is 0 Å². The number of nitrogens with one attached hydrogen (secondary N) is 1. The Bertz CT molecular complexity index is 695. The highest BCUT2D eigenvalue weighted by atomic mass is 16.6. The summed E-state index contributed by atoms with van der Waals surface area (Å²) in [5, 5.41) is 21.4. The van der Waals surface area contributed by atoms with E-state index in [2.05, 4.69) is 11.4 Å². The van der Waals surface area contributed by atoms with E-state index in [1.54, 1.807) is 45.0 Å². The molecule has 1 aromatic carbocycles. The van der Waals surface area contributed by atoms with Gasteiger partial charge in [0.2, 0.25) is 0 Å². The highest BCUT2D eigenvalue weighted by Gasteiger charge is 2.45. The molecular formula is C18H23N3O4. The van der Waals surface area contributed by atoms with Crippen molar-refractivity contribution in [1.29, 1.82) is 5.26 Å². The quantitative estimate of drug-likeness (QED) is 0.817. The highest BCUT2D eigenvalue weighted by molar-refractivity contribution is 5.85. The molecule has 0 spiro atoms. The summed E-state index contributed by atoms with van der Waals surface area (Å²) >= 11 is 0. The van der Waals surface area contributed by atoms with E-state index < -0.39 is 23.2 Å². The third kappa shape index (κ3) is 4.63. The molecule has 1 aliphatic rings. The summed E-state index contributed by atoms with van der Waals surface area (Å²) in [6, 6.07) is 8.91. The minimum absolute atomic E-state index is 0.236. The fourth-order valence-electron chi connectivity index (χ4n) is 2.78. The fourth-order valence-corrected chi connectivity index (χ4v) is 2.78. The van der Waals surface area contributed by atoms with Crippen molar-refractivity contribution in [3.05, 3.63) is 29.8 Å². The van der Waals surface area contributed by atoms with Crippen LogP contribution in [0.1, 0.15) is 39.2 Å². The molecule has 1 saturated heterocycles. The van der Waals surface area contributed by atoms with E-state index in [1.807, 2.05) is 0 Å². The van der Waals surface area contributed by atoms with Crippen molar-refractivity contribution in [2.24, 2.45) is 0 Å². The standard InChI is InChI=1S/C18H23N3O4/c1-17(2,3)25-15(22)18(7-9-21(10-8-18)16(23)24)20-14-6-4-5-13(11-14)12-19/h4-6,11,20H,7-10H2,1-3H3,(H,23,24). The predicted octanol–water partition coefficient (Wildman–Crippen LogP) is 2.82. The molecule has 1 heterocycles. The molecule has 2 N–H and O–H groups in total. The normalized spacial score (nSPS) is 16.6. The summed E-state index contributed by atoms with van der Waals surface area (Å²) in [7, 11) is 0. The van der Waals surface area contributed by atoms with E-state index in [1.165, 1.54) is 4.90 Å². The number of carboxylic acid groups (broad SMARTS) is 1. The van der Waals surface area contributed by atoms with Crippen LogP contribution in [0.3, 0.4) is 0 Å². The van der Waals surface area contributed by atoms with Gasteiger partial charge in [0, 0.05) is 18.8 Å². The third-order valence-corrected chi connectivity index (χ3v) is 4.05. The number of nitrogens with zero attached hydrogens (tertiary/aromatic N) is 2. The first-order valence-electron chi connectivity index (χ1n) is 8.15. The monoisotopic (exact) mass is 345 g/mol. The Hall–Kier alpha value is -2.75. The zero-order valence-electron chi connectivity index (χ0n) is 14.7. The molecule has 0 aliphatic carbocycles. The lowest BCUT2D eigenvalue weighted by atomic mass is 9.86. The largest absolute Gasteiger partial charge is 0.465 e. The maximum Gasteiger partial charge on any atom is 0.407 e. The average molecular weight is 345 g/mol. The Kier molecular flexibility index (Phi) is 5.21. The van der Waals surface area contributed by atoms with Gasteiger partial charge in [0.15, 0.2) is 0 Å². The average Bonchev–Trinajstić information content (AvgIpc) is 2.54. The number of nitriles is 1. The maximum absolute atomic E-state index is 12.9. The lowest BCUT2D eigenvalue weighted by Gasteiger charge is -2.41. The van der Waals surface area contributed by atoms with Gasteiger partial charge in [-0.3, -0.25) is 0 Å². The summed E-state index contributed by atoms with van der Waals surface area (Å²) in [4.78, 5) is 25.3. The minimum atomic E-state index is -1.02. The molecule has 0 atom stereocenters. The van der Waals surface area contributed by atoms with Gasteiger partial charge >= 0.3 is 12.1 Å². The number of piperidine rings is 1. The molecule has 1 aromatic rings. The molecule has 7 heteroatoms. The van der Waals surface area contributed by atoms with Gasteiger partial charge in [-0.1, -0.05) is 6.07 Å². The Morgan fingerprint density at radius 2 is 1.96 bits per heavy atom. The van der Waals surface area contributed by atoms with Gasteiger partial charge < -0.3 is 20.1 Å². The SMILES string of the molecule is CC(C)(C)OC(=O)C1(Nc2cccc(C#N)c2)CCN(C(=O)O)CC1. The molecule has 0 aromatic heterocycles. The minimum Gasteiger partial charge on any atom is -0.465 e. The van der Waals surface area contributed by atoms with E-state index >= 15 is 0 Å². The van der Waals surface area contributed by atoms with Crippen molar-refractivity contribution in [3.8, 4) is 6.07 Å². The van der Waals surface area contributed by atoms with Gasteiger partial charge in [0.25, 0.3) is 0 Å². The van der Waals surface area contributed by atoms with Crippen LogP contribution in [-0.2, 0) is 9.53 Å². The first kappa shape index (κ1) is 18.6. The van der Waals surface area contributed by atoms with Crippen LogP contribution < -0.4 is 5.32 Å². The number of rotatable bonds is 3. The van der Waals surface area contributed by atoms with Crippen molar-refractivity contribution >= 4 is 17.7 Å². The first-order valence-corrected chi connectivity index (χ1v) is 8.15. The summed E-state index contributed by atoms with van der Waals surface area (Å²) in [5.41, 5.74) is -0.557. The first-order chi connectivity index (χ1) is 11.6. The lowest BCUT2D eigenvalue weighted by Crippen LogP contribution is -2.57. The van der Waals surface area contributed by atoms with Crippen LogP contribution in [0.4, 0.5) is 10.5 Å². The summed E-state index contributed by atoms with van der Waals surface area (Å²) < 4.78 is 5.57. The van der Waals surface area contributed by atoms with Crippen LogP contribution in [0.15, 0.2) is 24.3 Å². The summed E-state index contributed by atoms with van der Waals surface area (Å²) in [5.74, 6) is -0.410. The third-order valence-electron chi connectivity index (χ3n) is 4.05. The molecule has 1 aliphatic heterocycles. The Labute approximate surface area is 147 Å². The summed E-state index contributed by atoms with van der Waals surface area (Å²) in [6.45, 7) is 5.85. The topological polar surface area (TPSA) is 103 Å². The Morgan fingerprint density at radius 1 is 1.32 bits per heavy atom. The van der Waals surface area contributed by atoms with Crippen molar-refractivity contribution < 1.29 is 19.4 Å². The number of carbonyl (C=O) groups excluding carboxylic acids is 1. The number of anilines is 1. The van der Waals surface area contributed by atoms with Gasteiger partial charge in [-0.15, -0.1) is 0 Å². The van der Waals surface area contributed by atoms with Crippen molar-refractivity contribution in [2.75, 3.05) is 18.4 Å². The number of esters is 1. The molecule has 134 valence electrons. The van der Waals surface area contributed by atoms with E-state index in [0.29, 0.717) is 24.1 Å². The van der Waals surface area contributed by atoms with Gasteiger partial charge in [-0.05, 0) is 51.8 Å². The zero-order valence-corrected chi connectivity index (χ0v) is 14.7. The number of hydrogen-bond donors (Lipinski definition) is 2. The molecule has 2 rings (SSSR count). The van der Waals surface area contributed by atoms with Crippen molar-refractivity contribution in [2.45, 2.75) is 44.8 Å². The zero-order chi connectivity index (χ0) is 18.7. The fraction of sp³-hybridized carbons (Fsp3) is 0.500. The molecule has 1 fully saturated rings. The second-order valence-corrected chi connectivity index (χ2v) is 7.17. The second kappa shape index (κ2) is 7.01. The number of likely N-dealkylation sites (tertiary alicyclic amines) is 1. The Morgan fingerprint density at radius 3 is 2.48 bits per heavy atom. The number of ether oxygens (including phenoxy) is 1. The van der Waals surface area contributed by atoms with Crippen LogP contribution >= 0.6 is 0 Å². The number of carbonyl (C=O) groups is 2. The number of benzene rings is 1. The van der Waals surface area contributed by atoms with Gasteiger partial charge in [-0.25, -0.2) is 9.59 Å². The van der Waals surface area contributed by atoms with Crippen LogP contribution in [0.25, 0.3) is 0 Å². The van der Waals surface area contributed by atoms with E-state index in [-0.39, 0.29) is 13.1 Å². The lowest BCUT2D eigenvalue weighted by molar-refractivity contribution is -0.162. The molecule has 0 unspecified atom stereocenters. The van der Waals surface area contributed by atoms with Crippen molar-refractivity contribution in [3.63, 3.8) is 0 Å². The number of hydrogen-bond acceptors (Lipinski definition) is 5. The molecule has 7 nitrogen and oxygen atoms in total. The molecule has 1 amide bonds. The van der Waals surface area contributed by atoms with Gasteiger partial charge in [0.1, 0.15) is 11.1 Å². The van der Waals surface area contributed by atoms with E-state index in [9.17, 15) is 9.59 Å². The van der Waals surface area contributed by atoms with Crippen LogP contribution in [0.2, 0.25) is 0 Å². The van der Waals surface area contributed by atoms with Gasteiger partial charge in [-0.2, -0.15) is 5.26 Å². The maximum atomic E-state index is 12.9. The van der Waals surface area contributed by atoms with Crippen LogP contribution in [0, 0.1) is 11.3 Å². The van der Waals surface area contributed by atoms with E-state index in [4.69, 9.17) is 15.1 Å². The molecule has 25 heavy (non-hydrogen) atoms. The van der Waals surface area contributed by atoms with Gasteiger partial charge in [0.05, 0.1) is 11.6 Å². The molecule has 0 saturated carbocycles. The van der Waals surface area contributed by atoms with Crippen molar-refractivity contribution in [1.82, 2.24) is 4.90 Å². The molecule has 0 bridgehead atoms. The Balaban J connectivity index is 2.28. The van der Waals surface area contributed by atoms with Crippen LogP contribution in [0.5, 0.6) is 0 Å². The number of amides is 1.